The van der Waals surface area contributed by atoms with E-state index >= 15 is 0 Å². The van der Waals surface area contributed by atoms with Gasteiger partial charge >= 0.3 is 11.9 Å². The summed E-state index contributed by atoms with van der Waals surface area (Å²) in [6.07, 6.45) is 5.64. The van der Waals surface area contributed by atoms with Gasteiger partial charge in [0.1, 0.15) is 12.2 Å². The summed E-state index contributed by atoms with van der Waals surface area (Å²) in [5, 5.41) is 0. The molecule has 2 fully saturated rings. The quantitative estimate of drug-likeness (QED) is 0.566. The molecule has 0 spiro atoms. The predicted molar refractivity (Wildman–Crippen MR) is 82.4 cm³/mol. The molecule has 0 aliphatic carbocycles. The van der Waals surface area contributed by atoms with Crippen molar-refractivity contribution < 1.29 is 19.1 Å². The number of esters is 2. The van der Waals surface area contributed by atoms with E-state index in [4.69, 9.17) is 9.47 Å². The first-order valence-corrected chi connectivity index (χ1v) is 7.99. The third-order valence-corrected chi connectivity index (χ3v) is 4.25. The van der Waals surface area contributed by atoms with Crippen LogP contribution in [0.15, 0.2) is 12.2 Å². The molecule has 2 heterocycles. The lowest BCUT2D eigenvalue weighted by molar-refractivity contribution is -0.147. The second kappa shape index (κ2) is 8.29. The average Bonchev–Trinajstić information content (AvgIpc) is 2.50. The zero-order chi connectivity index (χ0) is 15.9. The summed E-state index contributed by atoms with van der Waals surface area (Å²) in [5.74, 6) is -0.926. The van der Waals surface area contributed by atoms with Gasteiger partial charge in [0.05, 0.1) is 0 Å². The molecule has 0 aromatic rings. The van der Waals surface area contributed by atoms with Crippen molar-refractivity contribution in [2.75, 3.05) is 40.3 Å². The zero-order valence-electron chi connectivity index (χ0n) is 13.5. The molecule has 2 rings (SSSR count). The third kappa shape index (κ3) is 5.77. The van der Waals surface area contributed by atoms with Gasteiger partial charge in [0.25, 0.3) is 0 Å². The number of hydrogen-bond acceptors (Lipinski definition) is 6. The molecule has 6 heteroatoms. The van der Waals surface area contributed by atoms with Crippen LogP contribution in [0.5, 0.6) is 0 Å². The lowest BCUT2D eigenvalue weighted by atomic mass is 10.1. The maximum absolute atomic E-state index is 11.7. The van der Waals surface area contributed by atoms with Crippen molar-refractivity contribution in [3.8, 4) is 0 Å². The zero-order valence-corrected chi connectivity index (χ0v) is 13.5. The van der Waals surface area contributed by atoms with Gasteiger partial charge in [-0.1, -0.05) is 0 Å². The Morgan fingerprint density at radius 1 is 0.773 bits per heavy atom. The third-order valence-electron chi connectivity index (χ3n) is 4.25. The van der Waals surface area contributed by atoms with E-state index in [1.165, 1.54) is 12.2 Å². The number of carbonyl (C=O) groups excluding carboxylic acids is 2. The molecule has 0 saturated carbocycles. The summed E-state index contributed by atoms with van der Waals surface area (Å²) in [6, 6.07) is 0. The van der Waals surface area contributed by atoms with E-state index in [9.17, 15) is 9.59 Å². The van der Waals surface area contributed by atoms with Crippen molar-refractivity contribution in [1.29, 1.82) is 0 Å². The second-order valence-corrected chi connectivity index (χ2v) is 6.21. The maximum Gasteiger partial charge on any atom is 0.331 e. The Labute approximate surface area is 132 Å². The van der Waals surface area contributed by atoms with Crippen molar-refractivity contribution in [1.82, 2.24) is 9.80 Å². The monoisotopic (exact) mass is 310 g/mol. The fourth-order valence-corrected chi connectivity index (χ4v) is 2.75. The second-order valence-electron chi connectivity index (χ2n) is 6.21. The fraction of sp³-hybridized carbons (Fsp3) is 0.750. The van der Waals surface area contributed by atoms with E-state index < -0.39 is 11.9 Å². The molecule has 0 unspecified atom stereocenters. The number of hydrogen-bond donors (Lipinski definition) is 0. The van der Waals surface area contributed by atoms with E-state index in [2.05, 4.69) is 23.9 Å². The minimum Gasteiger partial charge on any atom is -0.459 e. The van der Waals surface area contributed by atoms with Crippen LogP contribution < -0.4 is 0 Å². The minimum absolute atomic E-state index is 0.0433. The molecule has 2 aliphatic rings. The van der Waals surface area contributed by atoms with E-state index in [1.54, 1.807) is 0 Å². The normalized spacial score (nSPS) is 22.8. The molecule has 2 aliphatic heterocycles. The molecule has 22 heavy (non-hydrogen) atoms. The average molecular weight is 310 g/mol. The molecule has 6 nitrogen and oxygen atoms in total. The highest BCUT2D eigenvalue weighted by Crippen LogP contribution is 2.13. The van der Waals surface area contributed by atoms with Gasteiger partial charge in [-0.3, -0.25) is 0 Å². The number of rotatable bonds is 4. The van der Waals surface area contributed by atoms with Crippen LogP contribution in [0.4, 0.5) is 0 Å². The van der Waals surface area contributed by atoms with Gasteiger partial charge in [0.15, 0.2) is 0 Å². The molecule has 0 N–H and O–H groups in total. The van der Waals surface area contributed by atoms with Gasteiger partial charge < -0.3 is 19.3 Å². The van der Waals surface area contributed by atoms with Crippen molar-refractivity contribution in [2.24, 2.45) is 0 Å². The molecule has 0 atom stereocenters. The maximum atomic E-state index is 11.7. The van der Waals surface area contributed by atoms with Crippen LogP contribution in [0.2, 0.25) is 0 Å². The summed E-state index contributed by atoms with van der Waals surface area (Å²) in [5.41, 5.74) is 0. The summed E-state index contributed by atoms with van der Waals surface area (Å²) >= 11 is 0. The Kier molecular flexibility index (Phi) is 6.39. The Bertz CT molecular complexity index is 370. The summed E-state index contributed by atoms with van der Waals surface area (Å²) in [7, 11) is 4.11. The topological polar surface area (TPSA) is 59.1 Å². The van der Waals surface area contributed by atoms with E-state index in [0.717, 1.165) is 51.9 Å². The molecule has 124 valence electrons. The van der Waals surface area contributed by atoms with Gasteiger partial charge in [-0.15, -0.1) is 0 Å². The van der Waals surface area contributed by atoms with Gasteiger partial charge in [-0.25, -0.2) is 9.59 Å². The first kappa shape index (κ1) is 17.0. The molecule has 0 aromatic carbocycles. The Morgan fingerprint density at radius 3 is 1.41 bits per heavy atom. The van der Waals surface area contributed by atoms with Crippen molar-refractivity contribution >= 4 is 11.9 Å². The molecule has 0 amide bonds. The molecular formula is C16H26N2O4. The number of ether oxygens (including phenoxy) is 2. The van der Waals surface area contributed by atoms with Gasteiger partial charge in [-0.2, -0.15) is 0 Å². The van der Waals surface area contributed by atoms with Crippen LogP contribution >= 0.6 is 0 Å². The van der Waals surface area contributed by atoms with E-state index in [-0.39, 0.29) is 12.2 Å². The Morgan fingerprint density at radius 2 is 1.09 bits per heavy atom. The van der Waals surface area contributed by atoms with Crippen molar-refractivity contribution in [3.63, 3.8) is 0 Å². The molecule has 2 saturated heterocycles. The summed E-state index contributed by atoms with van der Waals surface area (Å²) < 4.78 is 10.7. The molecule has 0 bridgehead atoms. The fourth-order valence-electron chi connectivity index (χ4n) is 2.75. The highest BCUT2D eigenvalue weighted by Gasteiger charge is 2.21. The number of nitrogens with zero attached hydrogens (tertiary/aromatic N) is 2. The predicted octanol–water partition coefficient (Wildman–Crippen LogP) is 0.817. The van der Waals surface area contributed by atoms with Crippen LogP contribution in [0.25, 0.3) is 0 Å². The van der Waals surface area contributed by atoms with E-state index in [1.807, 2.05) is 0 Å². The van der Waals surface area contributed by atoms with E-state index in [0.29, 0.717) is 0 Å². The minimum atomic E-state index is -0.463. The van der Waals surface area contributed by atoms with Crippen molar-refractivity contribution in [2.45, 2.75) is 37.9 Å². The lowest BCUT2D eigenvalue weighted by Gasteiger charge is -2.28. The highest BCUT2D eigenvalue weighted by atomic mass is 16.5. The molecular weight excluding hydrogens is 284 g/mol. The number of carbonyl (C=O) groups is 2. The van der Waals surface area contributed by atoms with Gasteiger partial charge in [0.2, 0.25) is 0 Å². The summed E-state index contributed by atoms with van der Waals surface area (Å²) in [6.45, 7) is 3.72. The molecule has 0 aromatic heterocycles. The standard InChI is InChI=1S/C16H26N2O4/c1-17-9-5-13(6-10-17)21-15(19)3-4-16(20)22-14-7-11-18(2)12-8-14/h3-4,13-14H,5-12H2,1-2H3/b4-3+. The largest absolute Gasteiger partial charge is 0.459 e. The van der Waals surface area contributed by atoms with Gasteiger partial charge in [-0.05, 0) is 39.8 Å². The SMILES string of the molecule is CN1CCC(OC(=O)/C=C/C(=O)OC2CCN(C)CC2)CC1. The number of piperidine rings is 2. The smallest absolute Gasteiger partial charge is 0.331 e. The Hall–Kier alpha value is -1.40. The van der Waals surface area contributed by atoms with Crippen molar-refractivity contribution in [3.05, 3.63) is 12.2 Å². The summed E-state index contributed by atoms with van der Waals surface area (Å²) in [4.78, 5) is 27.8. The Balaban J connectivity index is 1.67. The number of likely N-dealkylation sites (tertiary alicyclic amines) is 2. The lowest BCUT2D eigenvalue weighted by Crippen LogP contribution is -2.35. The van der Waals surface area contributed by atoms with Crippen LogP contribution in [0, 0.1) is 0 Å². The first-order valence-electron chi connectivity index (χ1n) is 7.99. The van der Waals surface area contributed by atoms with Crippen LogP contribution in [-0.4, -0.2) is 74.2 Å². The van der Waals surface area contributed by atoms with Crippen LogP contribution in [0.1, 0.15) is 25.7 Å². The highest BCUT2D eigenvalue weighted by molar-refractivity contribution is 5.91. The molecule has 0 radical (unpaired) electrons. The van der Waals surface area contributed by atoms with Crippen LogP contribution in [0.3, 0.4) is 0 Å². The first-order chi connectivity index (χ1) is 10.5. The van der Waals surface area contributed by atoms with Crippen LogP contribution in [-0.2, 0) is 19.1 Å². The van der Waals surface area contributed by atoms with Gasteiger partial charge in [0, 0.05) is 38.3 Å².